The first-order valence-electron chi connectivity index (χ1n) is 8.94. The molecule has 0 radical (unpaired) electrons. The largest absolute Gasteiger partial charge is 0.444 e. The van der Waals surface area contributed by atoms with Gasteiger partial charge in [0.2, 0.25) is 0 Å². The summed E-state index contributed by atoms with van der Waals surface area (Å²) in [5.74, 6) is 0. The molecule has 1 fully saturated rings. The summed E-state index contributed by atoms with van der Waals surface area (Å²) in [5, 5.41) is 7.87. The molecule has 140 valence electrons. The first kappa shape index (κ1) is 19.9. The lowest BCUT2D eigenvalue weighted by Gasteiger charge is -2.44. The van der Waals surface area contributed by atoms with Crippen LogP contribution in [0, 0.1) is 0 Å². The van der Waals surface area contributed by atoms with Crippen LogP contribution in [0.15, 0.2) is 30.3 Å². The molecule has 2 N–H and O–H groups in total. The van der Waals surface area contributed by atoms with E-state index in [-0.39, 0.29) is 18.4 Å². The van der Waals surface area contributed by atoms with Crippen LogP contribution in [0.2, 0.25) is 18.6 Å². The van der Waals surface area contributed by atoms with Gasteiger partial charge in [0.25, 0.3) is 0 Å². The molecule has 1 aliphatic heterocycles. The molecule has 0 spiro atoms. The molecule has 1 unspecified atom stereocenters. The summed E-state index contributed by atoms with van der Waals surface area (Å²) in [5.41, 5.74) is -0.142. The Morgan fingerprint density at radius 3 is 2.44 bits per heavy atom. The fraction of sp³-hybridized carbons (Fsp3) is 0.632. The number of methoxy groups -OCH3 is 1. The number of carbonyl (C=O) groups is 1. The second-order valence-corrected chi connectivity index (χ2v) is 13.1. The third-order valence-corrected chi connectivity index (χ3v) is 9.26. The number of hydrogen-bond acceptors (Lipinski definition) is 4. The van der Waals surface area contributed by atoms with E-state index in [9.17, 15) is 4.79 Å². The van der Waals surface area contributed by atoms with E-state index in [1.54, 1.807) is 7.11 Å². The van der Waals surface area contributed by atoms with Crippen molar-refractivity contribution in [3.8, 4) is 0 Å². The topological polar surface area (TPSA) is 59.6 Å². The van der Waals surface area contributed by atoms with Gasteiger partial charge in [0.1, 0.15) is 11.8 Å². The molecular formula is C19H32N2O3Si. The number of benzene rings is 1. The highest BCUT2D eigenvalue weighted by Gasteiger charge is 2.43. The van der Waals surface area contributed by atoms with Gasteiger partial charge in [-0.2, -0.15) is 0 Å². The molecule has 0 bridgehead atoms. The van der Waals surface area contributed by atoms with Gasteiger partial charge in [0.15, 0.2) is 0 Å². The van der Waals surface area contributed by atoms with Gasteiger partial charge in [-0.1, -0.05) is 48.6 Å². The molecule has 6 heteroatoms. The molecule has 2 rings (SSSR count). The lowest BCUT2D eigenvalue weighted by molar-refractivity contribution is 0.0325. The van der Waals surface area contributed by atoms with E-state index in [1.807, 2.05) is 26.8 Å². The van der Waals surface area contributed by atoms with E-state index in [1.165, 1.54) is 5.19 Å². The quantitative estimate of drug-likeness (QED) is 0.807. The smallest absolute Gasteiger partial charge is 0.407 e. The minimum Gasteiger partial charge on any atom is -0.444 e. The number of alkyl carbamates (subject to hydrolysis) is 1. The fourth-order valence-electron chi connectivity index (χ4n) is 3.55. The maximum atomic E-state index is 12.3. The number of rotatable bonds is 4. The van der Waals surface area contributed by atoms with Gasteiger partial charge in [-0.25, -0.2) is 4.79 Å². The van der Waals surface area contributed by atoms with Crippen LogP contribution in [-0.4, -0.2) is 45.7 Å². The van der Waals surface area contributed by atoms with Gasteiger partial charge in [-0.15, -0.1) is 0 Å². The molecule has 1 aromatic rings. The zero-order chi connectivity index (χ0) is 18.7. The molecule has 1 aromatic carbocycles. The predicted molar refractivity (Wildman–Crippen MR) is 104 cm³/mol. The minimum absolute atomic E-state index is 0.0252. The normalized spacial score (nSPS) is 24.6. The first-order valence-corrected chi connectivity index (χ1v) is 12.0. The zero-order valence-electron chi connectivity index (χ0n) is 16.3. The monoisotopic (exact) mass is 364 g/mol. The van der Waals surface area contributed by atoms with Crippen molar-refractivity contribution in [1.82, 2.24) is 10.6 Å². The maximum absolute atomic E-state index is 12.3. The van der Waals surface area contributed by atoms with E-state index in [2.05, 4.69) is 48.0 Å². The number of nitrogens with one attached hydrogen (secondary N) is 2. The van der Waals surface area contributed by atoms with Crippen molar-refractivity contribution in [1.29, 1.82) is 0 Å². The predicted octanol–water partition coefficient (Wildman–Crippen LogP) is 2.83. The Hall–Kier alpha value is -1.37. The highest BCUT2D eigenvalue weighted by Crippen LogP contribution is 2.33. The highest BCUT2D eigenvalue weighted by atomic mass is 28.3. The van der Waals surface area contributed by atoms with Gasteiger partial charge in [-0.3, -0.25) is 5.32 Å². The van der Waals surface area contributed by atoms with Crippen LogP contribution in [0.5, 0.6) is 0 Å². The third kappa shape index (κ3) is 5.30. The number of piperidine rings is 1. The van der Waals surface area contributed by atoms with Crippen LogP contribution in [0.1, 0.15) is 27.2 Å². The van der Waals surface area contributed by atoms with Crippen molar-refractivity contribution in [2.45, 2.75) is 63.7 Å². The number of hydrogen-bond donors (Lipinski definition) is 2. The van der Waals surface area contributed by atoms with E-state index in [0.29, 0.717) is 12.1 Å². The van der Waals surface area contributed by atoms with Crippen LogP contribution < -0.4 is 15.8 Å². The van der Waals surface area contributed by atoms with E-state index < -0.39 is 13.7 Å². The second kappa shape index (κ2) is 7.89. The Morgan fingerprint density at radius 1 is 1.24 bits per heavy atom. The molecule has 25 heavy (non-hydrogen) atoms. The summed E-state index contributed by atoms with van der Waals surface area (Å²) >= 11 is 0. The summed E-state index contributed by atoms with van der Waals surface area (Å²) in [6, 6.07) is 10.7. The first-order chi connectivity index (χ1) is 11.6. The molecular weight excluding hydrogens is 332 g/mol. The van der Waals surface area contributed by atoms with Crippen molar-refractivity contribution in [3.05, 3.63) is 30.3 Å². The second-order valence-electron chi connectivity index (χ2n) is 8.32. The summed E-state index contributed by atoms with van der Waals surface area (Å²) < 4.78 is 11.0. The van der Waals surface area contributed by atoms with E-state index >= 15 is 0 Å². The Morgan fingerprint density at radius 2 is 1.88 bits per heavy atom. The Bertz CT molecular complexity index is 572. The van der Waals surface area contributed by atoms with Crippen LogP contribution in [0.25, 0.3) is 0 Å². The Labute approximate surface area is 152 Å². The van der Waals surface area contributed by atoms with E-state index in [4.69, 9.17) is 9.47 Å². The molecule has 0 aliphatic carbocycles. The van der Waals surface area contributed by atoms with Crippen molar-refractivity contribution < 1.29 is 14.3 Å². The van der Waals surface area contributed by atoms with Crippen LogP contribution in [-0.2, 0) is 9.47 Å². The molecule has 5 nitrogen and oxygen atoms in total. The molecule has 0 aromatic heterocycles. The Kier molecular flexibility index (Phi) is 6.29. The maximum Gasteiger partial charge on any atom is 0.407 e. The molecule has 1 amide bonds. The van der Waals surface area contributed by atoms with E-state index in [0.717, 1.165) is 6.42 Å². The van der Waals surface area contributed by atoms with Gasteiger partial charge in [0.05, 0.1) is 8.07 Å². The number of amides is 1. The average Bonchev–Trinajstić information content (AvgIpc) is 2.54. The molecule has 1 heterocycles. The number of carbonyl (C=O) groups excluding carboxylic acids is 1. The van der Waals surface area contributed by atoms with Gasteiger partial charge < -0.3 is 14.8 Å². The van der Waals surface area contributed by atoms with Gasteiger partial charge in [-0.05, 0) is 32.7 Å². The standard InChI is InChI=1S/C19H32N2O3Si/c1-19(2,3)24-18(22)21-15-13-20-17(23-4)12-16(15)25(5,6)14-10-8-7-9-11-14/h7-11,15-17,20H,12-13H2,1-6H3,(H,21,22)/t15-,16+,17?/m0/s1. The third-order valence-electron chi connectivity index (χ3n) is 4.95. The van der Waals surface area contributed by atoms with Crippen LogP contribution in [0.4, 0.5) is 4.79 Å². The van der Waals surface area contributed by atoms with Crippen LogP contribution >= 0.6 is 0 Å². The lowest BCUT2D eigenvalue weighted by atomic mass is 10.1. The molecule has 1 saturated heterocycles. The summed E-state index contributed by atoms with van der Waals surface area (Å²) in [6.45, 7) is 11.1. The highest BCUT2D eigenvalue weighted by molar-refractivity contribution is 6.91. The molecule has 0 saturated carbocycles. The van der Waals surface area contributed by atoms with Crippen molar-refractivity contribution in [2.75, 3.05) is 13.7 Å². The Balaban J connectivity index is 2.20. The fourth-order valence-corrected chi connectivity index (χ4v) is 7.04. The van der Waals surface area contributed by atoms with Gasteiger partial charge >= 0.3 is 6.09 Å². The minimum atomic E-state index is -1.82. The van der Waals surface area contributed by atoms with Crippen molar-refractivity contribution in [2.24, 2.45) is 0 Å². The van der Waals surface area contributed by atoms with Crippen molar-refractivity contribution in [3.63, 3.8) is 0 Å². The van der Waals surface area contributed by atoms with Crippen molar-refractivity contribution >= 4 is 19.4 Å². The van der Waals surface area contributed by atoms with Crippen LogP contribution in [0.3, 0.4) is 0 Å². The molecule has 3 atom stereocenters. The summed E-state index contributed by atoms with van der Waals surface area (Å²) in [7, 11) is -0.0859. The van der Waals surface area contributed by atoms with Gasteiger partial charge in [0, 0.05) is 19.7 Å². The SMILES string of the molecule is COC1C[C@@H]([Si](C)(C)c2ccccc2)[C@@H](NC(=O)OC(C)(C)C)CN1. The summed E-state index contributed by atoms with van der Waals surface area (Å²) in [6.07, 6.45) is 0.556. The lowest BCUT2D eigenvalue weighted by Crippen LogP contribution is -2.62. The molecule has 1 aliphatic rings. The summed E-state index contributed by atoms with van der Waals surface area (Å²) in [4.78, 5) is 12.3. The zero-order valence-corrected chi connectivity index (χ0v) is 17.3. The number of ether oxygens (including phenoxy) is 2. The average molecular weight is 365 g/mol.